The first-order valence-electron chi connectivity index (χ1n) is 5.98. The van der Waals surface area contributed by atoms with Crippen molar-refractivity contribution in [2.45, 2.75) is 19.9 Å². The zero-order valence-corrected chi connectivity index (χ0v) is 10.7. The van der Waals surface area contributed by atoms with Crippen LogP contribution < -0.4 is 5.32 Å². The third-order valence-corrected chi connectivity index (χ3v) is 3.01. The normalized spacial score (nSPS) is 12.2. The van der Waals surface area contributed by atoms with Gasteiger partial charge in [0.2, 0.25) is 0 Å². The number of benzene rings is 2. The van der Waals surface area contributed by atoms with Crippen molar-refractivity contribution >= 4 is 5.69 Å². The van der Waals surface area contributed by atoms with E-state index in [-0.39, 0.29) is 11.8 Å². The van der Waals surface area contributed by atoms with Gasteiger partial charge in [-0.3, -0.25) is 0 Å². The summed E-state index contributed by atoms with van der Waals surface area (Å²) >= 11 is 0. The molecule has 4 heteroatoms. The van der Waals surface area contributed by atoms with Crippen molar-refractivity contribution in [1.82, 2.24) is 0 Å². The Morgan fingerprint density at radius 1 is 1.11 bits per heavy atom. The highest BCUT2D eigenvalue weighted by Gasteiger charge is 2.12. The van der Waals surface area contributed by atoms with Crippen molar-refractivity contribution in [3.63, 3.8) is 0 Å². The number of phenolic OH excluding ortho intramolecular Hbond substituents is 1. The Morgan fingerprint density at radius 2 is 1.84 bits per heavy atom. The SMILES string of the molecule is Cc1cc(NC(C)c2ccc(F)cc2F)ccc1O. The number of halogens is 2. The molecule has 2 aromatic carbocycles. The molecule has 2 nitrogen and oxygen atoms in total. The maximum absolute atomic E-state index is 13.6. The molecule has 0 bridgehead atoms. The quantitative estimate of drug-likeness (QED) is 0.815. The second-order valence-electron chi connectivity index (χ2n) is 4.53. The lowest BCUT2D eigenvalue weighted by molar-refractivity contribution is 0.471. The number of hydrogen-bond donors (Lipinski definition) is 2. The number of aryl methyl sites for hydroxylation is 1. The van der Waals surface area contributed by atoms with Crippen molar-refractivity contribution in [3.05, 3.63) is 59.2 Å². The molecule has 0 radical (unpaired) electrons. The maximum atomic E-state index is 13.6. The van der Waals surface area contributed by atoms with Crippen LogP contribution in [0.4, 0.5) is 14.5 Å². The van der Waals surface area contributed by atoms with Crippen LogP contribution in [0.3, 0.4) is 0 Å². The lowest BCUT2D eigenvalue weighted by Crippen LogP contribution is -2.08. The minimum atomic E-state index is -0.589. The molecule has 0 amide bonds. The summed E-state index contributed by atoms with van der Waals surface area (Å²) in [7, 11) is 0. The van der Waals surface area contributed by atoms with Gasteiger partial charge >= 0.3 is 0 Å². The minimum Gasteiger partial charge on any atom is -0.508 e. The van der Waals surface area contributed by atoms with Crippen LogP contribution in [-0.4, -0.2) is 5.11 Å². The van der Waals surface area contributed by atoms with E-state index in [2.05, 4.69) is 5.32 Å². The van der Waals surface area contributed by atoms with E-state index in [1.165, 1.54) is 12.1 Å². The summed E-state index contributed by atoms with van der Waals surface area (Å²) < 4.78 is 26.5. The van der Waals surface area contributed by atoms with Crippen molar-refractivity contribution in [3.8, 4) is 5.75 Å². The number of anilines is 1. The summed E-state index contributed by atoms with van der Waals surface area (Å²) in [6.45, 7) is 3.57. The van der Waals surface area contributed by atoms with Crippen LogP contribution in [0, 0.1) is 18.6 Å². The van der Waals surface area contributed by atoms with Crippen LogP contribution in [-0.2, 0) is 0 Å². The fourth-order valence-corrected chi connectivity index (χ4v) is 1.93. The van der Waals surface area contributed by atoms with E-state index in [1.54, 1.807) is 32.0 Å². The summed E-state index contributed by atoms with van der Waals surface area (Å²) in [5.74, 6) is -0.949. The van der Waals surface area contributed by atoms with E-state index >= 15 is 0 Å². The van der Waals surface area contributed by atoms with E-state index in [4.69, 9.17) is 0 Å². The van der Waals surface area contributed by atoms with E-state index < -0.39 is 11.6 Å². The topological polar surface area (TPSA) is 32.3 Å². The number of aromatic hydroxyl groups is 1. The zero-order chi connectivity index (χ0) is 14.0. The molecule has 0 heterocycles. The lowest BCUT2D eigenvalue weighted by atomic mass is 10.1. The van der Waals surface area contributed by atoms with Crippen molar-refractivity contribution < 1.29 is 13.9 Å². The standard InChI is InChI=1S/C15H15F2NO/c1-9-7-12(4-6-15(9)19)18-10(2)13-5-3-11(16)8-14(13)17/h3-8,10,18-19H,1-2H3. The monoisotopic (exact) mass is 263 g/mol. The van der Waals surface area contributed by atoms with Crippen molar-refractivity contribution in [2.75, 3.05) is 5.32 Å². The highest BCUT2D eigenvalue weighted by atomic mass is 19.1. The first-order chi connectivity index (χ1) is 8.97. The molecule has 2 rings (SSSR count). The van der Waals surface area contributed by atoms with Crippen LogP contribution in [0.5, 0.6) is 5.75 Å². The van der Waals surface area contributed by atoms with Crippen molar-refractivity contribution in [1.29, 1.82) is 0 Å². The predicted molar refractivity (Wildman–Crippen MR) is 71.2 cm³/mol. The van der Waals surface area contributed by atoms with Crippen LogP contribution in [0.1, 0.15) is 24.1 Å². The Hall–Kier alpha value is -2.10. The Bertz CT molecular complexity index is 599. The van der Waals surface area contributed by atoms with E-state index in [9.17, 15) is 13.9 Å². The molecule has 0 aliphatic heterocycles. The Morgan fingerprint density at radius 3 is 2.47 bits per heavy atom. The Labute approximate surface area is 110 Å². The highest BCUT2D eigenvalue weighted by Crippen LogP contribution is 2.25. The molecule has 2 N–H and O–H groups in total. The van der Waals surface area contributed by atoms with Crippen LogP contribution in [0.15, 0.2) is 36.4 Å². The van der Waals surface area contributed by atoms with Gasteiger partial charge in [0.15, 0.2) is 0 Å². The summed E-state index contributed by atoms with van der Waals surface area (Å²) in [6, 6.07) is 8.28. The summed E-state index contributed by atoms with van der Waals surface area (Å²) in [5, 5.41) is 12.6. The fraction of sp³-hybridized carbons (Fsp3) is 0.200. The van der Waals surface area contributed by atoms with Gasteiger partial charge in [-0.2, -0.15) is 0 Å². The zero-order valence-electron chi connectivity index (χ0n) is 10.7. The van der Waals surface area contributed by atoms with Crippen LogP contribution >= 0.6 is 0 Å². The molecular weight excluding hydrogens is 248 g/mol. The predicted octanol–water partition coefficient (Wildman–Crippen LogP) is 4.15. The van der Waals surface area contributed by atoms with Gasteiger partial charge in [0.25, 0.3) is 0 Å². The van der Waals surface area contributed by atoms with E-state index in [0.717, 1.165) is 17.3 Å². The third-order valence-electron chi connectivity index (χ3n) is 3.01. The maximum Gasteiger partial charge on any atom is 0.131 e. The molecule has 0 spiro atoms. The molecule has 0 saturated heterocycles. The van der Waals surface area contributed by atoms with Gasteiger partial charge in [-0.05, 0) is 43.7 Å². The summed E-state index contributed by atoms with van der Waals surface area (Å²) in [4.78, 5) is 0. The van der Waals surface area contributed by atoms with Gasteiger partial charge in [-0.25, -0.2) is 8.78 Å². The first kappa shape index (κ1) is 13.3. The number of rotatable bonds is 3. The molecule has 100 valence electrons. The molecule has 1 unspecified atom stereocenters. The lowest BCUT2D eigenvalue weighted by Gasteiger charge is -2.17. The molecule has 1 atom stereocenters. The third kappa shape index (κ3) is 3.02. The average molecular weight is 263 g/mol. The van der Waals surface area contributed by atoms with Gasteiger partial charge in [0.05, 0.1) is 6.04 Å². The van der Waals surface area contributed by atoms with Crippen molar-refractivity contribution in [2.24, 2.45) is 0 Å². The van der Waals surface area contributed by atoms with Gasteiger partial charge < -0.3 is 10.4 Å². The van der Waals surface area contributed by atoms with Gasteiger partial charge in [0, 0.05) is 17.3 Å². The Balaban J connectivity index is 2.20. The smallest absolute Gasteiger partial charge is 0.131 e. The number of phenols is 1. The van der Waals surface area contributed by atoms with Crippen LogP contribution in [0.25, 0.3) is 0 Å². The van der Waals surface area contributed by atoms with E-state index in [1.807, 2.05) is 0 Å². The number of nitrogens with one attached hydrogen (secondary N) is 1. The average Bonchev–Trinajstić information content (AvgIpc) is 2.33. The molecule has 0 saturated carbocycles. The minimum absolute atomic E-state index is 0.214. The second kappa shape index (κ2) is 5.26. The molecule has 19 heavy (non-hydrogen) atoms. The molecule has 0 aliphatic rings. The fourth-order valence-electron chi connectivity index (χ4n) is 1.93. The molecular formula is C15H15F2NO. The summed E-state index contributed by atoms with van der Waals surface area (Å²) in [6.07, 6.45) is 0. The van der Waals surface area contributed by atoms with Gasteiger partial charge in [-0.1, -0.05) is 6.07 Å². The van der Waals surface area contributed by atoms with Crippen LogP contribution in [0.2, 0.25) is 0 Å². The molecule has 0 aliphatic carbocycles. The Kier molecular flexibility index (Phi) is 3.69. The highest BCUT2D eigenvalue weighted by molar-refractivity contribution is 5.51. The number of hydrogen-bond acceptors (Lipinski definition) is 2. The summed E-state index contributed by atoms with van der Waals surface area (Å²) in [5.41, 5.74) is 1.90. The van der Waals surface area contributed by atoms with Gasteiger partial charge in [-0.15, -0.1) is 0 Å². The largest absolute Gasteiger partial charge is 0.508 e. The molecule has 0 fully saturated rings. The first-order valence-corrected chi connectivity index (χ1v) is 5.98. The molecule has 2 aromatic rings. The second-order valence-corrected chi connectivity index (χ2v) is 4.53. The van der Waals surface area contributed by atoms with E-state index in [0.29, 0.717) is 5.56 Å². The van der Waals surface area contributed by atoms with Gasteiger partial charge in [0.1, 0.15) is 17.4 Å². The molecule has 0 aromatic heterocycles.